The van der Waals surface area contributed by atoms with Crippen LogP contribution in [0.4, 0.5) is 0 Å². The minimum atomic E-state index is -0.279. The molecule has 1 atom stereocenters. The molecule has 4 heteroatoms. The third-order valence-corrected chi connectivity index (χ3v) is 2.65. The molecule has 0 bridgehead atoms. The predicted molar refractivity (Wildman–Crippen MR) is 64.5 cm³/mol. The molecule has 1 aromatic carbocycles. The number of aromatic hydroxyl groups is 1. The Labute approximate surface area is 99.3 Å². The minimum absolute atomic E-state index is 0.0117. The summed E-state index contributed by atoms with van der Waals surface area (Å²) in [5.74, 6) is 0.0117. The lowest BCUT2D eigenvalue weighted by Crippen LogP contribution is -2.10. The van der Waals surface area contributed by atoms with Crippen molar-refractivity contribution in [1.29, 1.82) is 0 Å². The van der Waals surface area contributed by atoms with Crippen molar-refractivity contribution in [2.45, 2.75) is 18.9 Å². The molecular formula is C11H13Cl2NO. The zero-order valence-corrected chi connectivity index (χ0v) is 9.72. The van der Waals surface area contributed by atoms with Gasteiger partial charge in [0.1, 0.15) is 5.75 Å². The van der Waals surface area contributed by atoms with Crippen molar-refractivity contribution in [3.05, 3.63) is 40.4 Å². The van der Waals surface area contributed by atoms with Gasteiger partial charge in [0.2, 0.25) is 0 Å². The number of nitrogens with two attached hydrogens (primary N) is 1. The molecule has 0 radical (unpaired) electrons. The summed E-state index contributed by atoms with van der Waals surface area (Å²) >= 11 is 11.6. The number of halogens is 2. The predicted octanol–water partition coefficient (Wildman–Crippen LogP) is 3.67. The maximum absolute atomic E-state index is 9.70. The van der Waals surface area contributed by atoms with E-state index in [-0.39, 0.29) is 16.8 Å². The smallest absolute Gasteiger partial charge is 0.139 e. The van der Waals surface area contributed by atoms with E-state index in [1.54, 1.807) is 12.1 Å². The van der Waals surface area contributed by atoms with Gasteiger partial charge in [-0.1, -0.05) is 29.3 Å². The Kier molecular flexibility index (Phi) is 4.45. The summed E-state index contributed by atoms with van der Waals surface area (Å²) < 4.78 is 0. The van der Waals surface area contributed by atoms with E-state index in [1.165, 1.54) is 6.07 Å². The van der Waals surface area contributed by atoms with E-state index >= 15 is 0 Å². The van der Waals surface area contributed by atoms with Gasteiger partial charge in [-0.15, -0.1) is 6.58 Å². The lowest BCUT2D eigenvalue weighted by atomic mass is 10.0. The Morgan fingerprint density at radius 3 is 2.73 bits per heavy atom. The van der Waals surface area contributed by atoms with Gasteiger partial charge in [0.25, 0.3) is 0 Å². The van der Waals surface area contributed by atoms with Crippen molar-refractivity contribution in [3.8, 4) is 5.75 Å². The summed E-state index contributed by atoms with van der Waals surface area (Å²) in [6, 6.07) is 2.85. The monoisotopic (exact) mass is 245 g/mol. The first kappa shape index (κ1) is 12.4. The minimum Gasteiger partial charge on any atom is -0.506 e. The number of phenolic OH excluding ortho intramolecular Hbond substituents is 1. The van der Waals surface area contributed by atoms with Crippen molar-refractivity contribution < 1.29 is 5.11 Å². The number of allylic oxidation sites excluding steroid dienone is 1. The molecule has 0 unspecified atom stereocenters. The summed E-state index contributed by atoms with van der Waals surface area (Å²) in [7, 11) is 0. The number of rotatable bonds is 4. The zero-order chi connectivity index (χ0) is 11.4. The molecule has 0 aliphatic rings. The van der Waals surface area contributed by atoms with E-state index in [4.69, 9.17) is 28.9 Å². The largest absolute Gasteiger partial charge is 0.506 e. The topological polar surface area (TPSA) is 46.2 Å². The maximum atomic E-state index is 9.70. The van der Waals surface area contributed by atoms with Crippen LogP contribution in [0.3, 0.4) is 0 Å². The van der Waals surface area contributed by atoms with Crippen LogP contribution in [0.25, 0.3) is 0 Å². The Morgan fingerprint density at radius 1 is 1.47 bits per heavy atom. The number of hydrogen-bond acceptors (Lipinski definition) is 2. The van der Waals surface area contributed by atoms with Gasteiger partial charge >= 0.3 is 0 Å². The summed E-state index contributed by atoms with van der Waals surface area (Å²) in [4.78, 5) is 0. The SMILES string of the molecule is C=CCC[C@@H](N)c1cc(Cl)cc(Cl)c1O. The van der Waals surface area contributed by atoms with Gasteiger partial charge in [0.15, 0.2) is 0 Å². The molecule has 1 rings (SSSR count). The molecule has 0 spiro atoms. The van der Waals surface area contributed by atoms with Crippen molar-refractivity contribution >= 4 is 23.2 Å². The van der Waals surface area contributed by atoms with Gasteiger partial charge in [-0.2, -0.15) is 0 Å². The average Bonchev–Trinajstić information content (AvgIpc) is 2.19. The highest BCUT2D eigenvalue weighted by Gasteiger charge is 2.14. The number of hydrogen-bond donors (Lipinski definition) is 2. The Balaban J connectivity index is 2.96. The lowest BCUT2D eigenvalue weighted by molar-refractivity contribution is 0.459. The van der Waals surface area contributed by atoms with Gasteiger partial charge in [-0.3, -0.25) is 0 Å². The fraction of sp³-hybridized carbons (Fsp3) is 0.273. The Hall–Kier alpha value is -0.700. The van der Waals surface area contributed by atoms with E-state index in [9.17, 15) is 5.11 Å². The molecule has 0 saturated carbocycles. The normalized spacial score (nSPS) is 12.5. The second kappa shape index (κ2) is 5.40. The van der Waals surface area contributed by atoms with Crippen molar-refractivity contribution in [2.75, 3.05) is 0 Å². The van der Waals surface area contributed by atoms with Crippen LogP contribution in [0, 0.1) is 0 Å². The molecule has 0 aliphatic carbocycles. The fourth-order valence-corrected chi connectivity index (χ4v) is 1.83. The van der Waals surface area contributed by atoms with E-state index < -0.39 is 0 Å². The molecule has 1 aromatic rings. The molecule has 82 valence electrons. The standard InChI is InChI=1S/C11H13Cl2NO/c1-2-3-4-10(14)8-5-7(12)6-9(13)11(8)15/h2,5-6,10,15H,1,3-4,14H2/t10-/m1/s1. The van der Waals surface area contributed by atoms with Gasteiger partial charge in [-0.25, -0.2) is 0 Å². The Bertz CT molecular complexity index is 366. The van der Waals surface area contributed by atoms with Crippen LogP contribution >= 0.6 is 23.2 Å². The van der Waals surface area contributed by atoms with Crippen LogP contribution in [-0.4, -0.2) is 5.11 Å². The first-order valence-corrected chi connectivity index (χ1v) is 5.36. The fourth-order valence-electron chi connectivity index (χ4n) is 1.32. The van der Waals surface area contributed by atoms with Crippen LogP contribution in [0.2, 0.25) is 10.0 Å². The summed E-state index contributed by atoms with van der Waals surface area (Å²) in [5.41, 5.74) is 6.47. The van der Waals surface area contributed by atoms with Crippen LogP contribution in [0.1, 0.15) is 24.4 Å². The summed E-state index contributed by atoms with van der Waals surface area (Å²) in [6.45, 7) is 3.61. The third kappa shape index (κ3) is 3.13. The highest BCUT2D eigenvalue weighted by Crippen LogP contribution is 2.35. The van der Waals surface area contributed by atoms with Crippen LogP contribution in [0.5, 0.6) is 5.75 Å². The molecule has 0 aromatic heterocycles. The molecule has 0 saturated heterocycles. The van der Waals surface area contributed by atoms with Crippen molar-refractivity contribution in [2.24, 2.45) is 5.73 Å². The van der Waals surface area contributed by atoms with E-state index in [1.807, 2.05) is 0 Å². The molecule has 3 N–H and O–H groups in total. The number of phenols is 1. The van der Waals surface area contributed by atoms with Crippen LogP contribution < -0.4 is 5.73 Å². The van der Waals surface area contributed by atoms with Crippen LogP contribution in [0.15, 0.2) is 24.8 Å². The van der Waals surface area contributed by atoms with Gasteiger partial charge in [0, 0.05) is 16.6 Å². The Morgan fingerprint density at radius 2 is 2.13 bits per heavy atom. The second-order valence-corrected chi connectivity index (χ2v) is 4.14. The van der Waals surface area contributed by atoms with Crippen molar-refractivity contribution in [1.82, 2.24) is 0 Å². The van der Waals surface area contributed by atoms with E-state index in [0.29, 0.717) is 17.0 Å². The quantitative estimate of drug-likeness (QED) is 0.796. The van der Waals surface area contributed by atoms with E-state index in [0.717, 1.165) is 6.42 Å². The summed E-state index contributed by atoms with van der Waals surface area (Å²) in [5, 5.41) is 10.4. The third-order valence-electron chi connectivity index (χ3n) is 2.14. The highest BCUT2D eigenvalue weighted by molar-refractivity contribution is 6.35. The highest BCUT2D eigenvalue weighted by atomic mass is 35.5. The van der Waals surface area contributed by atoms with Crippen LogP contribution in [-0.2, 0) is 0 Å². The molecule has 0 heterocycles. The molecule has 0 amide bonds. The maximum Gasteiger partial charge on any atom is 0.139 e. The average molecular weight is 246 g/mol. The van der Waals surface area contributed by atoms with Gasteiger partial charge in [0.05, 0.1) is 5.02 Å². The first-order chi connectivity index (χ1) is 7.06. The molecule has 0 fully saturated rings. The zero-order valence-electron chi connectivity index (χ0n) is 8.21. The molecule has 15 heavy (non-hydrogen) atoms. The number of benzene rings is 1. The second-order valence-electron chi connectivity index (χ2n) is 3.30. The molecular weight excluding hydrogens is 233 g/mol. The summed E-state index contributed by atoms with van der Waals surface area (Å²) in [6.07, 6.45) is 3.27. The van der Waals surface area contributed by atoms with Gasteiger partial charge in [-0.05, 0) is 25.0 Å². The molecule has 0 aliphatic heterocycles. The first-order valence-electron chi connectivity index (χ1n) is 4.60. The van der Waals surface area contributed by atoms with Gasteiger partial charge < -0.3 is 10.8 Å². The van der Waals surface area contributed by atoms with Crippen molar-refractivity contribution in [3.63, 3.8) is 0 Å². The van der Waals surface area contributed by atoms with E-state index in [2.05, 4.69) is 6.58 Å². The lowest BCUT2D eigenvalue weighted by Gasteiger charge is -2.14. The molecule has 2 nitrogen and oxygen atoms in total.